The van der Waals surface area contributed by atoms with E-state index in [4.69, 9.17) is 21.1 Å². The molecule has 0 spiro atoms. The summed E-state index contributed by atoms with van der Waals surface area (Å²) in [6.45, 7) is -0.106. The lowest BCUT2D eigenvalue weighted by atomic mass is 10.1. The van der Waals surface area contributed by atoms with E-state index in [1.807, 2.05) is 17.5 Å². The van der Waals surface area contributed by atoms with Gasteiger partial charge in [-0.15, -0.1) is 21.5 Å². The lowest BCUT2D eigenvalue weighted by Gasteiger charge is -2.08. The molecule has 9 nitrogen and oxygen atoms in total. The Morgan fingerprint density at radius 1 is 1.19 bits per heavy atom. The maximum atomic E-state index is 12.4. The van der Waals surface area contributed by atoms with Gasteiger partial charge in [-0.25, -0.2) is 4.98 Å². The number of ether oxygens (including phenoxy) is 2. The molecule has 0 atom stereocenters. The largest absolute Gasteiger partial charge is 0.497 e. The number of anilines is 1. The highest BCUT2D eigenvalue weighted by Gasteiger charge is 2.14. The number of methoxy groups -OCH3 is 2. The molecule has 2 aromatic carbocycles. The third kappa shape index (κ3) is 4.81. The maximum absolute atomic E-state index is 12.4. The molecule has 4 rings (SSSR count). The van der Waals surface area contributed by atoms with Crippen LogP contribution in [0.4, 0.5) is 5.13 Å². The van der Waals surface area contributed by atoms with Gasteiger partial charge in [0.2, 0.25) is 11.7 Å². The number of nitrogens with zero attached hydrogens (tertiary/aromatic N) is 5. The third-order valence-corrected chi connectivity index (χ3v) is 5.25. The minimum Gasteiger partial charge on any atom is -0.497 e. The molecular formula is C20H17ClN6O3S. The highest BCUT2D eigenvalue weighted by atomic mass is 35.5. The van der Waals surface area contributed by atoms with Gasteiger partial charge in [0.1, 0.15) is 18.0 Å². The van der Waals surface area contributed by atoms with E-state index in [1.165, 1.54) is 16.1 Å². The maximum Gasteiger partial charge on any atom is 0.249 e. The first-order chi connectivity index (χ1) is 15.1. The summed E-state index contributed by atoms with van der Waals surface area (Å²) in [5, 5.41) is 17.7. The summed E-state index contributed by atoms with van der Waals surface area (Å²) in [5.41, 5.74) is 2.15. The number of nitrogens with one attached hydrogen (secondary N) is 1. The topological polar surface area (TPSA) is 104 Å². The van der Waals surface area contributed by atoms with Crippen molar-refractivity contribution in [3.05, 3.63) is 52.9 Å². The standard InChI is InChI=1S/C20H17ClN6O3S/c1-29-14-6-7-17(30-2)15(9-14)16-11-31-20(22-16)23-18(28)10-27-25-19(24-26-27)12-4-3-5-13(21)8-12/h3-9,11H,10H2,1-2H3,(H,22,23,28). The molecule has 158 valence electrons. The minimum absolute atomic E-state index is 0.106. The molecule has 0 saturated heterocycles. The van der Waals surface area contributed by atoms with E-state index in [0.717, 1.165) is 11.1 Å². The zero-order valence-corrected chi connectivity index (χ0v) is 18.1. The Hall–Kier alpha value is -3.50. The molecule has 0 bridgehead atoms. The van der Waals surface area contributed by atoms with Crippen LogP contribution in [0.3, 0.4) is 0 Å². The molecule has 0 unspecified atom stereocenters. The molecule has 2 aromatic heterocycles. The van der Waals surface area contributed by atoms with Crippen molar-refractivity contribution in [3.63, 3.8) is 0 Å². The van der Waals surface area contributed by atoms with Gasteiger partial charge in [-0.2, -0.15) is 4.80 Å². The SMILES string of the molecule is COc1ccc(OC)c(-c2csc(NC(=O)Cn3nnc(-c4cccc(Cl)c4)n3)n2)c1. The fraction of sp³-hybridized carbons (Fsp3) is 0.150. The number of benzene rings is 2. The van der Waals surface area contributed by atoms with Crippen LogP contribution < -0.4 is 14.8 Å². The fourth-order valence-corrected chi connectivity index (χ4v) is 3.73. The quantitative estimate of drug-likeness (QED) is 0.451. The van der Waals surface area contributed by atoms with Crippen molar-refractivity contribution < 1.29 is 14.3 Å². The second-order valence-electron chi connectivity index (χ2n) is 6.31. The van der Waals surface area contributed by atoms with Crippen molar-refractivity contribution in [3.8, 4) is 34.1 Å². The number of hydrogen-bond donors (Lipinski definition) is 1. The van der Waals surface area contributed by atoms with Crippen LogP contribution in [0.1, 0.15) is 0 Å². The number of carbonyl (C=O) groups excluding carboxylic acids is 1. The molecule has 4 aromatic rings. The van der Waals surface area contributed by atoms with Crippen molar-refractivity contribution >= 4 is 34.0 Å². The third-order valence-electron chi connectivity index (χ3n) is 4.25. The fourth-order valence-electron chi connectivity index (χ4n) is 2.81. The smallest absolute Gasteiger partial charge is 0.249 e. The van der Waals surface area contributed by atoms with E-state index in [2.05, 4.69) is 25.7 Å². The van der Waals surface area contributed by atoms with Crippen molar-refractivity contribution in [2.24, 2.45) is 0 Å². The van der Waals surface area contributed by atoms with E-state index in [0.29, 0.717) is 33.2 Å². The summed E-state index contributed by atoms with van der Waals surface area (Å²) in [4.78, 5) is 18.1. The van der Waals surface area contributed by atoms with Crippen molar-refractivity contribution in [2.45, 2.75) is 6.54 Å². The van der Waals surface area contributed by atoms with Crippen LogP contribution in [-0.2, 0) is 11.3 Å². The van der Waals surface area contributed by atoms with Crippen LogP contribution in [0, 0.1) is 0 Å². The first kappa shape index (κ1) is 20.8. The van der Waals surface area contributed by atoms with Gasteiger partial charge in [0.25, 0.3) is 0 Å². The monoisotopic (exact) mass is 456 g/mol. The first-order valence-electron chi connectivity index (χ1n) is 9.07. The van der Waals surface area contributed by atoms with E-state index < -0.39 is 0 Å². The minimum atomic E-state index is -0.325. The average molecular weight is 457 g/mol. The molecule has 0 radical (unpaired) electrons. The van der Waals surface area contributed by atoms with Crippen molar-refractivity contribution in [1.29, 1.82) is 0 Å². The van der Waals surface area contributed by atoms with Gasteiger partial charge < -0.3 is 14.8 Å². The Morgan fingerprint density at radius 3 is 2.84 bits per heavy atom. The summed E-state index contributed by atoms with van der Waals surface area (Å²) in [5.74, 6) is 1.40. The van der Waals surface area contributed by atoms with E-state index in [9.17, 15) is 4.79 Å². The molecule has 11 heteroatoms. The zero-order valence-electron chi connectivity index (χ0n) is 16.6. The number of hydrogen-bond acceptors (Lipinski definition) is 8. The molecule has 0 saturated carbocycles. The second-order valence-corrected chi connectivity index (χ2v) is 7.60. The van der Waals surface area contributed by atoms with Crippen LogP contribution in [0.15, 0.2) is 47.8 Å². The zero-order chi connectivity index (χ0) is 21.8. The predicted molar refractivity (Wildman–Crippen MR) is 118 cm³/mol. The molecule has 31 heavy (non-hydrogen) atoms. The Labute approximate surface area is 186 Å². The van der Waals surface area contributed by atoms with Gasteiger partial charge in [-0.05, 0) is 35.5 Å². The molecule has 0 fully saturated rings. The summed E-state index contributed by atoms with van der Waals surface area (Å²) < 4.78 is 10.7. The number of halogens is 1. The molecule has 0 aliphatic rings. The molecule has 1 N–H and O–H groups in total. The lowest BCUT2D eigenvalue weighted by molar-refractivity contribution is -0.117. The van der Waals surface area contributed by atoms with Crippen LogP contribution in [0.5, 0.6) is 11.5 Å². The molecule has 0 aliphatic carbocycles. The van der Waals surface area contributed by atoms with Gasteiger partial charge in [0.05, 0.1) is 19.9 Å². The van der Waals surface area contributed by atoms with Crippen LogP contribution in [-0.4, -0.2) is 45.3 Å². The van der Waals surface area contributed by atoms with Gasteiger partial charge >= 0.3 is 0 Å². The summed E-state index contributed by atoms with van der Waals surface area (Å²) >= 11 is 7.29. The average Bonchev–Trinajstić information content (AvgIpc) is 3.43. The van der Waals surface area contributed by atoms with Gasteiger partial charge in [-0.3, -0.25) is 4.79 Å². The summed E-state index contributed by atoms with van der Waals surface area (Å²) in [6, 6.07) is 12.5. The highest BCUT2D eigenvalue weighted by Crippen LogP contribution is 2.35. The molecular weight excluding hydrogens is 440 g/mol. The number of rotatable bonds is 7. The van der Waals surface area contributed by atoms with E-state index in [1.54, 1.807) is 44.6 Å². The van der Waals surface area contributed by atoms with Crippen LogP contribution in [0.25, 0.3) is 22.6 Å². The van der Waals surface area contributed by atoms with Crippen molar-refractivity contribution in [1.82, 2.24) is 25.2 Å². The van der Waals surface area contributed by atoms with Crippen LogP contribution >= 0.6 is 22.9 Å². The summed E-state index contributed by atoms with van der Waals surface area (Å²) in [7, 11) is 3.18. The van der Waals surface area contributed by atoms with E-state index >= 15 is 0 Å². The lowest BCUT2D eigenvalue weighted by Crippen LogP contribution is -2.20. The predicted octanol–water partition coefficient (Wildman–Crippen LogP) is 3.77. The van der Waals surface area contributed by atoms with Gasteiger partial charge in [-0.1, -0.05) is 23.7 Å². The highest BCUT2D eigenvalue weighted by molar-refractivity contribution is 7.14. The number of aromatic nitrogens is 5. The Kier molecular flexibility index (Phi) is 6.10. The Morgan fingerprint density at radius 2 is 2.06 bits per heavy atom. The first-order valence-corrected chi connectivity index (χ1v) is 10.3. The Balaban J connectivity index is 1.44. The number of thiazole rings is 1. The number of tetrazole rings is 1. The van der Waals surface area contributed by atoms with E-state index in [-0.39, 0.29) is 12.5 Å². The van der Waals surface area contributed by atoms with Crippen LogP contribution in [0.2, 0.25) is 5.02 Å². The van der Waals surface area contributed by atoms with Crippen molar-refractivity contribution in [2.75, 3.05) is 19.5 Å². The number of amides is 1. The molecule has 2 heterocycles. The number of carbonyl (C=O) groups is 1. The summed E-state index contributed by atoms with van der Waals surface area (Å²) in [6.07, 6.45) is 0. The van der Waals surface area contributed by atoms with Gasteiger partial charge in [0, 0.05) is 21.5 Å². The second kappa shape index (κ2) is 9.11. The van der Waals surface area contributed by atoms with Gasteiger partial charge in [0.15, 0.2) is 5.13 Å². The Bertz CT molecular complexity index is 1230. The molecule has 0 aliphatic heterocycles. The normalized spacial score (nSPS) is 10.7. The molecule has 1 amide bonds.